The summed E-state index contributed by atoms with van der Waals surface area (Å²) in [5.41, 5.74) is 3.45. The standard InChI is InChI=1S/C13H14N2O4.C6H4/c1-8(17)14-12-11(7-16)15(13(12)18)9-3-5-10(19-2)6-4-9;1-2-5-4-6(5)3-1/h3-7,11-12H,1-2H3,(H,14,17);1-4H/t11-,12+;/m1./s1. The number of carbonyl (C=O) groups is 3. The molecule has 6 nitrogen and oxygen atoms in total. The second-order valence-electron chi connectivity index (χ2n) is 5.79. The van der Waals surface area contributed by atoms with Crippen molar-refractivity contribution in [1.29, 1.82) is 0 Å². The van der Waals surface area contributed by atoms with Crippen LogP contribution in [0.1, 0.15) is 6.92 Å². The van der Waals surface area contributed by atoms with Gasteiger partial charge in [0.1, 0.15) is 24.1 Å². The molecule has 1 saturated heterocycles. The third kappa shape index (κ3) is 3.38. The number of hydrogen-bond donors (Lipinski definition) is 1. The van der Waals surface area contributed by atoms with Gasteiger partial charge in [0.25, 0.3) is 5.91 Å². The van der Waals surface area contributed by atoms with Crippen molar-refractivity contribution >= 4 is 23.8 Å². The fourth-order valence-electron chi connectivity index (χ4n) is 2.73. The SMILES string of the molecule is COc1ccc(N2C(=O)[C@@H](NC(C)=O)[C@H]2C=O)cc1.c1cc2cc-2c1. The van der Waals surface area contributed by atoms with Crippen molar-refractivity contribution in [1.82, 2.24) is 5.32 Å². The molecule has 1 aromatic rings. The molecule has 0 radical (unpaired) electrons. The quantitative estimate of drug-likeness (QED) is 0.581. The van der Waals surface area contributed by atoms with Crippen LogP contribution in [0.5, 0.6) is 5.75 Å². The largest absolute Gasteiger partial charge is 0.497 e. The highest BCUT2D eigenvalue weighted by atomic mass is 16.5. The Morgan fingerprint density at radius 1 is 1.16 bits per heavy atom. The predicted molar refractivity (Wildman–Crippen MR) is 93.4 cm³/mol. The second-order valence-corrected chi connectivity index (χ2v) is 5.79. The van der Waals surface area contributed by atoms with Gasteiger partial charge in [-0.2, -0.15) is 0 Å². The Labute approximate surface area is 145 Å². The molecule has 0 bridgehead atoms. The number of carbonyl (C=O) groups excluding carboxylic acids is 3. The van der Waals surface area contributed by atoms with Crippen LogP contribution in [-0.4, -0.2) is 37.3 Å². The van der Waals surface area contributed by atoms with E-state index in [4.69, 9.17) is 4.74 Å². The van der Waals surface area contributed by atoms with Crippen molar-refractivity contribution in [2.24, 2.45) is 0 Å². The van der Waals surface area contributed by atoms with Crippen LogP contribution < -0.4 is 15.0 Å². The molecule has 4 rings (SSSR count). The first-order valence-corrected chi connectivity index (χ1v) is 7.85. The monoisotopic (exact) mass is 338 g/mol. The zero-order valence-corrected chi connectivity index (χ0v) is 13.9. The van der Waals surface area contributed by atoms with Gasteiger partial charge in [0, 0.05) is 12.6 Å². The number of anilines is 1. The first kappa shape index (κ1) is 16.7. The summed E-state index contributed by atoms with van der Waals surface area (Å²) >= 11 is 0. The summed E-state index contributed by atoms with van der Waals surface area (Å²) in [6, 6.07) is 13.8. The van der Waals surface area contributed by atoms with Crippen LogP contribution in [0.25, 0.3) is 11.1 Å². The van der Waals surface area contributed by atoms with Crippen molar-refractivity contribution in [2.75, 3.05) is 12.0 Å². The van der Waals surface area contributed by atoms with E-state index in [1.165, 1.54) is 23.0 Å². The van der Waals surface area contributed by atoms with Crippen LogP contribution in [0.3, 0.4) is 0 Å². The lowest BCUT2D eigenvalue weighted by Crippen LogP contribution is -2.71. The number of benzene rings is 2. The molecule has 1 aliphatic heterocycles. The molecule has 2 amide bonds. The molecule has 6 heteroatoms. The first-order valence-electron chi connectivity index (χ1n) is 7.85. The van der Waals surface area contributed by atoms with Gasteiger partial charge in [-0.25, -0.2) is 0 Å². The topological polar surface area (TPSA) is 75.7 Å². The van der Waals surface area contributed by atoms with Crippen molar-refractivity contribution in [3.63, 3.8) is 0 Å². The Morgan fingerprint density at radius 2 is 1.80 bits per heavy atom. The smallest absolute Gasteiger partial charge is 0.252 e. The zero-order valence-electron chi connectivity index (χ0n) is 13.9. The highest BCUT2D eigenvalue weighted by Gasteiger charge is 2.48. The molecule has 0 saturated carbocycles. The van der Waals surface area contributed by atoms with Gasteiger partial charge < -0.3 is 14.8 Å². The van der Waals surface area contributed by atoms with Crippen molar-refractivity contribution < 1.29 is 19.1 Å². The number of nitrogens with one attached hydrogen (secondary N) is 1. The number of methoxy groups -OCH3 is 1. The maximum Gasteiger partial charge on any atom is 0.252 e. The lowest BCUT2D eigenvalue weighted by atomic mass is 9.95. The van der Waals surface area contributed by atoms with Gasteiger partial charge in [0.2, 0.25) is 5.91 Å². The van der Waals surface area contributed by atoms with Gasteiger partial charge in [0.15, 0.2) is 0 Å². The highest BCUT2D eigenvalue weighted by molar-refractivity contribution is 6.11. The number of hydrogen-bond acceptors (Lipinski definition) is 4. The molecule has 3 aliphatic rings. The van der Waals surface area contributed by atoms with Crippen LogP contribution in [0.2, 0.25) is 0 Å². The van der Waals surface area contributed by atoms with Crippen LogP contribution >= 0.6 is 0 Å². The molecule has 0 unspecified atom stereocenters. The van der Waals surface area contributed by atoms with E-state index < -0.39 is 12.1 Å². The van der Waals surface area contributed by atoms with Gasteiger partial charge in [0.05, 0.1) is 7.11 Å². The van der Waals surface area contributed by atoms with E-state index >= 15 is 0 Å². The summed E-state index contributed by atoms with van der Waals surface area (Å²) in [5, 5.41) is 2.47. The van der Waals surface area contributed by atoms with Crippen molar-refractivity contribution in [3.8, 4) is 16.9 Å². The summed E-state index contributed by atoms with van der Waals surface area (Å²) < 4.78 is 5.02. The number of ether oxygens (including phenoxy) is 1. The van der Waals surface area contributed by atoms with Gasteiger partial charge in [-0.15, -0.1) is 0 Å². The lowest BCUT2D eigenvalue weighted by molar-refractivity contribution is -0.134. The Bertz CT molecular complexity index is 799. The average Bonchev–Trinajstić information content (AvgIpc) is 3.23. The van der Waals surface area contributed by atoms with E-state index in [-0.39, 0.29) is 11.8 Å². The summed E-state index contributed by atoms with van der Waals surface area (Å²) in [5.74, 6) is 0.0369. The minimum Gasteiger partial charge on any atom is -0.497 e. The fourth-order valence-corrected chi connectivity index (χ4v) is 2.73. The number of β-lactam (4-membered cyclic amide) rings is 1. The predicted octanol–water partition coefficient (Wildman–Crippen LogP) is 1.78. The third-order valence-corrected chi connectivity index (χ3v) is 4.10. The number of fused-ring (bicyclic) bond motifs is 1. The molecule has 2 atom stereocenters. The number of amides is 2. The molecular formula is C19H18N2O4. The minimum atomic E-state index is -0.767. The summed E-state index contributed by atoms with van der Waals surface area (Å²) in [4.78, 5) is 35.3. The van der Waals surface area contributed by atoms with E-state index in [2.05, 4.69) is 29.6 Å². The van der Waals surface area contributed by atoms with Gasteiger partial charge >= 0.3 is 0 Å². The molecular weight excluding hydrogens is 320 g/mol. The maximum atomic E-state index is 11.9. The molecule has 2 aliphatic carbocycles. The fraction of sp³-hybridized carbons (Fsp3) is 0.211. The molecule has 25 heavy (non-hydrogen) atoms. The van der Waals surface area contributed by atoms with E-state index in [1.54, 1.807) is 31.4 Å². The molecule has 1 fully saturated rings. The van der Waals surface area contributed by atoms with Crippen LogP contribution in [-0.2, 0) is 14.4 Å². The van der Waals surface area contributed by atoms with Gasteiger partial charge in [-0.05, 0) is 41.5 Å². The Balaban J connectivity index is 0.000000250. The zero-order chi connectivity index (χ0) is 18.0. The van der Waals surface area contributed by atoms with Crippen LogP contribution in [0.15, 0.2) is 48.5 Å². The number of nitrogens with zero attached hydrogens (tertiary/aromatic N) is 1. The van der Waals surface area contributed by atoms with Crippen molar-refractivity contribution in [3.05, 3.63) is 48.5 Å². The maximum absolute atomic E-state index is 11.9. The first-order chi connectivity index (χ1) is 12.0. The van der Waals surface area contributed by atoms with E-state index in [1.807, 2.05) is 0 Å². The molecule has 0 spiro atoms. The third-order valence-electron chi connectivity index (χ3n) is 4.10. The van der Waals surface area contributed by atoms with Crippen molar-refractivity contribution in [2.45, 2.75) is 19.0 Å². The van der Waals surface area contributed by atoms with Gasteiger partial charge in [-0.1, -0.05) is 18.2 Å². The summed E-state index contributed by atoms with van der Waals surface area (Å²) in [7, 11) is 1.55. The molecule has 1 heterocycles. The van der Waals surface area contributed by atoms with Crippen LogP contribution in [0, 0.1) is 0 Å². The van der Waals surface area contributed by atoms with Crippen LogP contribution in [0.4, 0.5) is 5.69 Å². The van der Waals surface area contributed by atoms with E-state index in [9.17, 15) is 14.4 Å². The summed E-state index contributed by atoms with van der Waals surface area (Å²) in [6.45, 7) is 1.31. The molecule has 128 valence electrons. The molecule has 1 N–H and O–H groups in total. The number of aldehydes is 1. The minimum absolute atomic E-state index is 0.294. The molecule has 1 aromatic carbocycles. The Hall–Kier alpha value is -3.15. The van der Waals surface area contributed by atoms with E-state index in [0.29, 0.717) is 17.7 Å². The molecule has 0 aromatic heterocycles. The lowest BCUT2D eigenvalue weighted by Gasteiger charge is -2.44. The van der Waals surface area contributed by atoms with Gasteiger partial charge in [-0.3, -0.25) is 14.5 Å². The van der Waals surface area contributed by atoms with E-state index in [0.717, 1.165) is 0 Å². The highest BCUT2D eigenvalue weighted by Crippen LogP contribution is 2.32. The normalized spacial score (nSPS) is 19.1. The summed E-state index contributed by atoms with van der Waals surface area (Å²) in [6.07, 6.45) is 0.659. The number of rotatable bonds is 4. The Kier molecular flexibility index (Phi) is 4.52. The Morgan fingerprint density at radius 3 is 2.20 bits per heavy atom. The second kappa shape index (κ2) is 6.76. The average molecular weight is 338 g/mol.